The number of sulfone groups is 1. The molecule has 0 unspecified atom stereocenters. The second-order valence-electron chi connectivity index (χ2n) is 6.51. The van der Waals surface area contributed by atoms with Gasteiger partial charge >= 0.3 is 0 Å². The van der Waals surface area contributed by atoms with Crippen LogP contribution in [0.5, 0.6) is 0 Å². The van der Waals surface area contributed by atoms with Crippen molar-refractivity contribution in [2.45, 2.75) is 37.9 Å². The van der Waals surface area contributed by atoms with Crippen molar-refractivity contribution >= 4 is 15.5 Å². The van der Waals surface area contributed by atoms with Crippen LogP contribution in [-0.2, 0) is 9.84 Å². The van der Waals surface area contributed by atoms with Crippen LogP contribution >= 0.6 is 0 Å². The van der Waals surface area contributed by atoms with E-state index in [1.165, 1.54) is 18.4 Å². The minimum atomic E-state index is -3.09. The number of hydrogen-bond acceptors (Lipinski definition) is 3. The van der Waals surface area contributed by atoms with Gasteiger partial charge in [0.1, 0.15) is 5.88 Å². The van der Waals surface area contributed by atoms with E-state index in [0.29, 0.717) is 0 Å². The van der Waals surface area contributed by atoms with Crippen molar-refractivity contribution in [2.24, 2.45) is 0 Å². The number of nitrogens with one attached hydrogen (secondary N) is 1. The third-order valence-corrected chi connectivity index (χ3v) is 6.33. The first-order valence-corrected chi connectivity index (χ1v) is 9.83. The summed E-state index contributed by atoms with van der Waals surface area (Å²) >= 11 is 0. The first-order chi connectivity index (χ1) is 11.0. The zero-order valence-corrected chi connectivity index (χ0v) is 14.4. The van der Waals surface area contributed by atoms with Crippen LogP contribution in [0.25, 0.3) is 11.1 Å². The Labute approximate surface area is 138 Å². The Kier molecular flexibility index (Phi) is 4.44. The molecule has 1 saturated carbocycles. The molecule has 0 radical (unpaired) electrons. The van der Waals surface area contributed by atoms with Crippen molar-refractivity contribution in [2.75, 3.05) is 11.2 Å². The molecular formula is C19H23NO2S. The standard InChI is InChI=1S/C19H23NO2S/c1-14(2)23(21,22)13-20-19-5-3-4-18(12-19)17-10-8-16(9-11-17)15-6-7-15/h3-5,8-12,14-15,20H,6-7,13H2,1-2H3. The summed E-state index contributed by atoms with van der Waals surface area (Å²) in [7, 11) is -3.09. The molecule has 23 heavy (non-hydrogen) atoms. The van der Waals surface area contributed by atoms with Gasteiger partial charge in [0.2, 0.25) is 0 Å². The molecule has 3 rings (SSSR count). The molecule has 0 saturated heterocycles. The van der Waals surface area contributed by atoms with E-state index >= 15 is 0 Å². The van der Waals surface area contributed by atoms with E-state index in [1.54, 1.807) is 13.8 Å². The van der Waals surface area contributed by atoms with Gasteiger partial charge in [-0.2, -0.15) is 0 Å². The van der Waals surface area contributed by atoms with Gasteiger partial charge in [-0.3, -0.25) is 0 Å². The second-order valence-corrected chi connectivity index (χ2v) is 9.07. The van der Waals surface area contributed by atoms with Crippen LogP contribution in [0.1, 0.15) is 38.2 Å². The Hall–Kier alpha value is -1.81. The smallest absolute Gasteiger partial charge is 0.170 e. The first kappa shape index (κ1) is 16.1. The molecule has 1 N–H and O–H groups in total. The molecule has 0 bridgehead atoms. The molecule has 3 nitrogen and oxygen atoms in total. The van der Waals surface area contributed by atoms with Gasteiger partial charge in [-0.25, -0.2) is 8.42 Å². The third kappa shape index (κ3) is 3.94. The predicted octanol–water partition coefficient (Wildman–Crippen LogP) is 4.42. The van der Waals surface area contributed by atoms with Crippen LogP contribution in [0.3, 0.4) is 0 Å². The maximum atomic E-state index is 11.9. The lowest BCUT2D eigenvalue weighted by molar-refractivity contribution is 0.589. The zero-order valence-electron chi connectivity index (χ0n) is 13.6. The van der Waals surface area contributed by atoms with Gasteiger partial charge in [-0.15, -0.1) is 0 Å². The molecule has 0 amide bonds. The first-order valence-electron chi connectivity index (χ1n) is 8.11. The average Bonchev–Trinajstić information content (AvgIpc) is 3.38. The Bertz CT molecular complexity index is 775. The lowest BCUT2D eigenvalue weighted by atomic mass is 10.0. The van der Waals surface area contributed by atoms with E-state index in [-0.39, 0.29) is 11.1 Å². The van der Waals surface area contributed by atoms with Crippen LogP contribution in [0, 0.1) is 0 Å². The van der Waals surface area contributed by atoms with Crippen LogP contribution in [0.15, 0.2) is 48.5 Å². The van der Waals surface area contributed by atoms with E-state index < -0.39 is 9.84 Å². The Balaban J connectivity index is 1.74. The molecule has 0 atom stereocenters. The lowest BCUT2D eigenvalue weighted by Crippen LogP contribution is -2.22. The van der Waals surface area contributed by atoms with Gasteiger partial charge in [0.15, 0.2) is 9.84 Å². The van der Waals surface area contributed by atoms with Crippen molar-refractivity contribution in [1.82, 2.24) is 0 Å². The molecule has 2 aromatic carbocycles. The van der Waals surface area contributed by atoms with E-state index in [0.717, 1.165) is 22.7 Å². The van der Waals surface area contributed by atoms with Gasteiger partial charge in [-0.05, 0) is 61.4 Å². The van der Waals surface area contributed by atoms with Crippen molar-refractivity contribution in [1.29, 1.82) is 0 Å². The molecule has 0 aromatic heterocycles. The summed E-state index contributed by atoms with van der Waals surface area (Å²) in [5.74, 6) is 0.729. The number of hydrogen-bond donors (Lipinski definition) is 1. The molecule has 1 fully saturated rings. The van der Waals surface area contributed by atoms with E-state index in [2.05, 4.69) is 29.6 Å². The van der Waals surface area contributed by atoms with Gasteiger partial charge in [0.05, 0.1) is 5.25 Å². The Morgan fingerprint density at radius 1 is 1.04 bits per heavy atom. The van der Waals surface area contributed by atoms with E-state index in [4.69, 9.17) is 0 Å². The molecule has 1 aliphatic rings. The highest BCUT2D eigenvalue weighted by Crippen LogP contribution is 2.40. The van der Waals surface area contributed by atoms with Crippen LogP contribution in [0.2, 0.25) is 0 Å². The highest BCUT2D eigenvalue weighted by molar-refractivity contribution is 7.92. The van der Waals surface area contributed by atoms with Crippen molar-refractivity contribution in [3.8, 4) is 11.1 Å². The maximum absolute atomic E-state index is 11.9. The van der Waals surface area contributed by atoms with E-state index in [9.17, 15) is 8.42 Å². The summed E-state index contributed by atoms with van der Waals surface area (Å²) < 4.78 is 23.8. The van der Waals surface area contributed by atoms with Gasteiger partial charge in [0, 0.05) is 5.69 Å². The lowest BCUT2D eigenvalue weighted by Gasteiger charge is -2.11. The third-order valence-electron chi connectivity index (χ3n) is 4.35. The fourth-order valence-electron chi connectivity index (χ4n) is 2.52. The minimum Gasteiger partial charge on any atom is -0.372 e. The van der Waals surface area contributed by atoms with Crippen LogP contribution < -0.4 is 5.32 Å². The van der Waals surface area contributed by atoms with Gasteiger partial charge in [0.25, 0.3) is 0 Å². The largest absolute Gasteiger partial charge is 0.372 e. The van der Waals surface area contributed by atoms with Crippen molar-refractivity contribution in [3.05, 3.63) is 54.1 Å². The molecule has 2 aromatic rings. The monoisotopic (exact) mass is 329 g/mol. The normalized spacial score (nSPS) is 14.9. The molecule has 4 heteroatoms. The van der Waals surface area contributed by atoms with Gasteiger partial charge in [-0.1, -0.05) is 36.4 Å². The quantitative estimate of drug-likeness (QED) is 0.853. The maximum Gasteiger partial charge on any atom is 0.170 e. The summed E-state index contributed by atoms with van der Waals surface area (Å²) in [6.07, 6.45) is 2.62. The number of benzene rings is 2. The topological polar surface area (TPSA) is 46.2 Å². The average molecular weight is 329 g/mol. The molecule has 122 valence electrons. The van der Waals surface area contributed by atoms with E-state index in [1.807, 2.05) is 24.3 Å². The van der Waals surface area contributed by atoms with Crippen molar-refractivity contribution < 1.29 is 8.42 Å². The summed E-state index contributed by atoms with van der Waals surface area (Å²) in [6.45, 7) is 3.41. The fourth-order valence-corrected chi connectivity index (χ4v) is 3.22. The summed E-state index contributed by atoms with van der Waals surface area (Å²) in [6, 6.07) is 16.6. The molecule has 0 heterocycles. The summed E-state index contributed by atoms with van der Waals surface area (Å²) in [5, 5.41) is 2.66. The summed E-state index contributed by atoms with van der Waals surface area (Å²) in [4.78, 5) is 0. The second kappa shape index (κ2) is 6.36. The summed E-state index contributed by atoms with van der Waals surface area (Å²) in [5.41, 5.74) is 4.51. The van der Waals surface area contributed by atoms with Gasteiger partial charge < -0.3 is 5.32 Å². The number of anilines is 1. The molecule has 0 aliphatic heterocycles. The molecule has 1 aliphatic carbocycles. The van der Waals surface area contributed by atoms with Crippen LogP contribution in [-0.4, -0.2) is 19.5 Å². The molecule has 0 spiro atoms. The van der Waals surface area contributed by atoms with Crippen molar-refractivity contribution in [3.63, 3.8) is 0 Å². The Morgan fingerprint density at radius 2 is 1.74 bits per heavy atom. The predicted molar refractivity (Wildman–Crippen MR) is 96.4 cm³/mol. The SMILES string of the molecule is CC(C)S(=O)(=O)CNc1cccc(-c2ccc(C3CC3)cc2)c1. The zero-order chi connectivity index (χ0) is 16.4. The Morgan fingerprint density at radius 3 is 2.35 bits per heavy atom. The highest BCUT2D eigenvalue weighted by Gasteiger charge is 2.23. The highest BCUT2D eigenvalue weighted by atomic mass is 32.2. The fraction of sp³-hybridized carbons (Fsp3) is 0.368. The van der Waals surface area contributed by atoms with Crippen LogP contribution in [0.4, 0.5) is 5.69 Å². The number of rotatable bonds is 6. The minimum absolute atomic E-state index is 0.0330. The molecular weight excluding hydrogens is 306 g/mol.